The van der Waals surface area contributed by atoms with Gasteiger partial charge in [-0.25, -0.2) is 14.0 Å². The normalized spacial score (nSPS) is 38.8. The van der Waals surface area contributed by atoms with Crippen molar-refractivity contribution in [2.45, 2.75) is 70.2 Å². The Kier molecular flexibility index (Phi) is 8.51. The number of carboxylic acids is 2. The lowest BCUT2D eigenvalue weighted by molar-refractivity contribution is -0.218. The van der Waals surface area contributed by atoms with Gasteiger partial charge in [0.1, 0.15) is 5.60 Å². The molecule has 0 aliphatic heterocycles. The van der Waals surface area contributed by atoms with E-state index in [2.05, 4.69) is 0 Å². The topological polar surface area (TPSA) is 149 Å². The molecular formula is C30H35Cl2FO8. The number of ketones is 2. The van der Waals surface area contributed by atoms with Crippen LogP contribution in [0.2, 0.25) is 0 Å². The SMILES string of the molecule is C[C@@H]1C[C@H]2[C@@H]3CCC4=CC(=O)C=C[C@]4(C)[C@@]3(F)[C@@H](O)C[C@]2(C)[C@@]1(O)C(=O)Cc1cc(C(=O)O)ccc1C(=O)O.Cl.Cl. The number of aliphatic hydroxyl groups is 2. The molecule has 0 amide bonds. The highest BCUT2D eigenvalue weighted by Gasteiger charge is 2.75. The highest BCUT2D eigenvalue weighted by molar-refractivity contribution is 6.01. The molecule has 4 aliphatic rings. The number of fused-ring (bicyclic) bond motifs is 5. The Balaban J connectivity index is 0.00000231. The first-order valence-electron chi connectivity index (χ1n) is 13.3. The molecule has 5 rings (SSSR count). The summed E-state index contributed by atoms with van der Waals surface area (Å²) in [6.45, 7) is 5.09. The zero-order chi connectivity index (χ0) is 28.7. The average molecular weight is 614 g/mol. The van der Waals surface area contributed by atoms with Gasteiger partial charge in [-0.2, -0.15) is 0 Å². The van der Waals surface area contributed by atoms with E-state index in [1.807, 2.05) is 0 Å². The van der Waals surface area contributed by atoms with Gasteiger partial charge in [0.2, 0.25) is 0 Å². The molecule has 8 nitrogen and oxygen atoms in total. The minimum atomic E-state index is -2.11. The second-order valence-electron chi connectivity index (χ2n) is 12.3. The Morgan fingerprint density at radius 3 is 2.34 bits per heavy atom. The van der Waals surface area contributed by atoms with Crippen LogP contribution in [-0.4, -0.2) is 61.3 Å². The summed E-state index contributed by atoms with van der Waals surface area (Å²) in [7, 11) is 0. The summed E-state index contributed by atoms with van der Waals surface area (Å²) in [5.74, 6) is -5.31. The molecule has 0 radical (unpaired) electrons. The van der Waals surface area contributed by atoms with Crippen LogP contribution >= 0.6 is 24.8 Å². The van der Waals surface area contributed by atoms with Gasteiger partial charge < -0.3 is 20.4 Å². The Hall–Kier alpha value is -2.59. The van der Waals surface area contributed by atoms with Crippen LogP contribution in [-0.2, 0) is 16.0 Å². The molecule has 1 aromatic rings. The monoisotopic (exact) mass is 612 g/mol. The maximum absolute atomic E-state index is 17.3. The van der Waals surface area contributed by atoms with E-state index in [0.29, 0.717) is 24.8 Å². The van der Waals surface area contributed by atoms with Gasteiger partial charge in [-0.15, -0.1) is 24.8 Å². The molecule has 41 heavy (non-hydrogen) atoms. The highest BCUT2D eigenvalue weighted by atomic mass is 35.5. The summed E-state index contributed by atoms with van der Waals surface area (Å²) < 4.78 is 17.3. The van der Waals surface area contributed by atoms with Gasteiger partial charge in [0.05, 0.1) is 17.2 Å². The number of rotatable bonds is 5. The lowest BCUT2D eigenvalue weighted by atomic mass is 9.44. The van der Waals surface area contributed by atoms with E-state index in [4.69, 9.17) is 0 Å². The molecule has 4 aliphatic carbocycles. The summed E-state index contributed by atoms with van der Waals surface area (Å²) in [5.41, 5.74) is -6.37. The molecule has 8 atom stereocenters. The van der Waals surface area contributed by atoms with Gasteiger partial charge in [0, 0.05) is 23.2 Å². The van der Waals surface area contributed by atoms with Crippen molar-refractivity contribution in [3.05, 3.63) is 58.7 Å². The molecule has 0 heterocycles. The smallest absolute Gasteiger partial charge is 0.335 e. The van der Waals surface area contributed by atoms with E-state index < -0.39 is 70.1 Å². The standard InChI is InChI=1S/C30H33FO8.2ClH/c1-15-10-22-21-7-5-18-13-19(32)8-9-27(18,2)29(21,31)24(34)14-28(22,3)30(15,39)23(33)12-17-11-16(25(35)36)4-6-20(17)26(37)38;;/h4,6,8-9,11,13,15,21-22,24,34,39H,5,7,10,12,14H2,1-3H3,(H,35,36)(H,37,38);2*1H/t15-,21+,22+,24+,27+,28+,29+,30+;;/m1../s1. The van der Waals surface area contributed by atoms with E-state index in [9.17, 15) is 39.6 Å². The molecular weight excluding hydrogens is 578 g/mol. The molecule has 1 aromatic carbocycles. The number of hydrogen-bond donors (Lipinski definition) is 4. The largest absolute Gasteiger partial charge is 0.478 e. The Morgan fingerprint density at radius 2 is 1.73 bits per heavy atom. The summed E-state index contributed by atoms with van der Waals surface area (Å²) in [5, 5.41) is 42.6. The molecule has 0 bridgehead atoms. The van der Waals surface area contributed by atoms with Crippen molar-refractivity contribution < 1.29 is 44.0 Å². The number of halogens is 3. The van der Waals surface area contributed by atoms with Crippen molar-refractivity contribution in [2.24, 2.45) is 28.6 Å². The van der Waals surface area contributed by atoms with Crippen molar-refractivity contribution in [3.8, 4) is 0 Å². The number of aromatic carboxylic acids is 2. The Bertz CT molecular complexity index is 1380. The molecule has 4 N–H and O–H groups in total. The minimum Gasteiger partial charge on any atom is -0.478 e. The van der Waals surface area contributed by atoms with Gasteiger partial charge in [-0.05, 0) is 80.4 Å². The number of aliphatic hydroxyl groups excluding tert-OH is 1. The van der Waals surface area contributed by atoms with Gasteiger partial charge in [-0.1, -0.05) is 25.5 Å². The first-order valence-corrected chi connectivity index (χ1v) is 13.3. The number of alkyl halides is 1. The lowest BCUT2D eigenvalue weighted by Gasteiger charge is -2.62. The second kappa shape index (κ2) is 10.6. The summed E-state index contributed by atoms with van der Waals surface area (Å²) in [4.78, 5) is 49.3. The molecule has 3 saturated carbocycles. The third kappa shape index (κ3) is 4.30. The first kappa shape index (κ1) is 32.9. The Labute approximate surface area is 249 Å². The summed E-state index contributed by atoms with van der Waals surface area (Å²) in [6.07, 6.45) is 3.17. The maximum Gasteiger partial charge on any atom is 0.335 e. The molecule has 3 fully saturated rings. The molecule has 0 unspecified atom stereocenters. The van der Waals surface area contributed by atoms with Crippen LogP contribution in [0.4, 0.5) is 4.39 Å². The summed E-state index contributed by atoms with van der Waals surface area (Å²) >= 11 is 0. The van der Waals surface area contributed by atoms with Crippen LogP contribution in [0.1, 0.15) is 72.7 Å². The minimum absolute atomic E-state index is 0. The Morgan fingerprint density at radius 1 is 1.07 bits per heavy atom. The fourth-order valence-electron chi connectivity index (χ4n) is 8.53. The number of benzene rings is 1. The predicted octanol–water partition coefficient (Wildman–Crippen LogP) is 4.39. The van der Waals surface area contributed by atoms with E-state index in [0.717, 1.165) is 18.2 Å². The van der Waals surface area contributed by atoms with Crippen LogP contribution in [0.25, 0.3) is 0 Å². The maximum atomic E-state index is 17.3. The fourth-order valence-corrected chi connectivity index (χ4v) is 8.53. The second-order valence-corrected chi connectivity index (χ2v) is 12.3. The van der Waals surface area contributed by atoms with Gasteiger partial charge in [0.15, 0.2) is 17.2 Å². The fraction of sp³-hybridized carbons (Fsp3) is 0.533. The van der Waals surface area contributed by atoms with Gasteiger partial charge in [-0.3, -0.25) is 9.59 Å². The van der Waals surface area contributed by atoms with E-state index in [-0.39, 0.29) is 53.7 Å². The third-order valence-corrected chi connectivity index (χ3v) is 10.6. The molecule has 0 spiro atoms. The number of allylic oxidation sites excluding steroid dienone is 4. The quantitative estimate of drug-likeness (QED) is 0.382. The van der Waals surface area contributed by atoms with Crippen molar-refractivity contribution in [2.75, 3.05) is 0 Å². The number of carbonyl (C=O) groups excluding carboxylic acids is 2. The number of Topliss-reactive ketones (excluding diaryl/α,β-unsaturated/α-hetero) is 1. The van der Waals surface area contributed by atoms with Crippen molar-refractivity contribution in [1.82, 2.24) is 0 Å². The van der Waals surface area contributed by atoms with Crippen LogP contribution < -0.4 is 0 Å². The number of hydrogen-bond acceptors (Lipinski definition) is 6. The molecule has 224 valence electrons. The zero-order valence-electron chi connectivity index (χ0n) is 22.9. The summed E-state index contributed by atoms with van der Waals surface area (Å²) in [6, 6.07) is 3.39. The van der Waals surface area contributed by atoms with Crippen molar-refractivity contribution in [3.63, 3.8) is 0 Å². The first-order chi connectivity index (χ1) is 18.1. The van der Waals surface area contributed by atoms with Crippen LogP contribution in [0, 0.1) is 28.6 Å². The highest BCUT2D eigenvalue weighted by Crippen LogP contribution is 2.70. The van der Waals surface area contributed by atoms with Gasteiger partial charge >= 0.3 is 11.9 Å². The number of carbonyl (C=O) groups is 4. The number of carboxylic acid groups (broad SMARTS) is 2. The van der Waals surface area contributed by atoms with Crippen molar-refractivity contribution in [1.29, 1.82) is 0 Å². The van der Waals surface area contributed by atoms with Gasteiger partial charge in [0.25, 0.3) is 0 Å². The van der Waals surface area contributed by atoms with Crippen molar-refractivity contribution >= 4 is 48.3 Å². The van der Waals surface area contributed by atoms with Crippen LogP contribution in [0.3, 0.4) is 0 Å². The van der Waals surface area contributed by atoms with E-state index >= 15 is 4.39 Å². The van der Waals surface area contributed by atoms with E-state index in [1.54, 1.807) is 26.8 Å². The molecule has 0 aromatic heterocycles. The van der Waals surface area contributed by atoms with E-state index in [1.165, 1.54) is 12.2 Å². The zero-order valence-corrected chi connectivity index (χ0v) is 24.6. The average Bonchev–Trinajstić information content (AvgIpc) is 3.06. The molecule has 11 heteroatoms. The predicted molar refractivity (Wildman–Crippen MR) is 151 cm³/mol. The lowest BCUT2D eigenvalue weighted by Crippen LogP contribution is -2.69. The third-order valence-electron chi connectivity index (χ3n) is 10.6. The van der Waals surface area contributed by atoms with Crippen LogP contribution in [0.5, 0.6) is 0 Å². The van der Waals surface area contributed by atoms with Crippen LogP contribution in [0.15, 0.2) is 42.0 Å². The molecule has 0 saturated heterocycles.